The lowest BCUT2D eigenvalue weighted by Crippen LogP contribution is -2.45. The maximum absolute atomic E-state index is 2.94. The molecule has 0 aliphatic rings. The van der Waals surface area contributed by atoms with Crippen LogP contribution in [0.15, 0.2) is 0 Å². The van der Waals surface area contributed by atoms with E-state index in [0.717, 1.165) is 0 Å². The van der Waals surface area contributed by atoms with Gasteiger partial charge in [0.15, 0.2) is 0 Å². The van der Waals surface area contributed by atoms with Crippen molar-refractivity contribution in [2.75, 3.05) is 26.2 Å². The number of nitrogens with zero attached hydrogens (tertiary/aromatic N) is 2. The molecule has 0 aromatic carbocycles. The van der Waals surface area contributed by atoms with Gasteiger partial charge in [-0.1, -0.05) is 451 Å². The number of hydrogen-bond acceptors (Lipinski definition) is 2. The van der Waals surface area contributed by atoms with E-state index in [9.17, 15) is 0 Å². The van der Waals surface area contributed by atoms with Crippen molar-refractivity contribution in [2.45, 2.75) is 477 Å². The van der Waals surface area contributed by atoms with E-state index in [4.69, 9.17) is 0 Å². The van der Waals surface area contributed by atoms with Crippen LogP contribution in [0.1, 0.15) is 477 Å². The van der Waals surface area contributed by atoms with Crippen LogP contribution in [0.25, 0.3) is 0 Å². The molecule has 482 valence electrons. The van der Waals surface area contributed by atoms with Crippen molar-refractivity contribution in [1.29, 1.82) is 0 Å². The van der Waals surface area contributed by atoms with E-state index < -0.39 is 0 Å². The zero-order chi connectivity index (χ0) is 57.5. The van der Waals surface area contributed by atoms with Crippen molar-refractivity contribution in [1.82, 2.24) is 10.0 Å². The van der Waals surface area contributed by atoms with Crippen molar-refractivity contribution in [2.24, 2.45) is 0 Å². The Morgan fingerprint density at radius 3 is 0.263 bits per heavy atom. The molecule has 0 fully saturated rings. The van der Waals surface area contributed by atoms with E-state index in [-0.39, 0.29) is 0 Å². The Bertz CT molecular complexity index is 947. The first-order chi connectivity index (χ1) is 39.8. The zero-order valence-electron chi connectivity index (χ0n) is 57.2. The van der Waals surface area contributed by atoms with E-state index >= 15 is 0 Å². The highest BCUT2D eigenvalue weighted by Crippen LogP contribution is 2.21. The maximum Gasteiger partial charge on any atom is 0.0133 e. The summed E-state index contributed by atoms with van der Waals surface area (Å²) in [5.74, 6) is 0. The van der Waals surface area contributed by atoms with Gasteiger partial charge < -0.3 is 0 Å². The Kier molecular flexibility index (Phi) is 74.9. The van der Waals surface area contributed by atoms with E-state index in [0.29, 0.717) is 0 Å². The van der Waals surface area contributed by atoms with Crippen LogP contribution in [0.2, 0.25) is 0 Å². The summed E-state index contributed by atoms with van der Waals surface area (Å²) in [6.07, 6.45) is 103. The summed E-state index contributed by atoms with van der Waals surface area (Å²) in [5, 5.41) is 5.88. The van der Waals surface area contributed by atoms with Gasteiger partial charge in [0, 0.05) is 26.2 Å². The first kappa shape index (κ1) is 79.9. The van der Waals surface area contributed by atoms with Crippen LogP contribution in [0.3, 0.4) is 0 Å². The molecule has 0 bridgehead atoms. The van der Waals surface area contributed by atoms with Gasteiger partial charge in [0.05, 0.1) is 0 Å². The highest BCUT2D eigenvalue weighted by atomic mass is 15.6. The van der Waals surface area contributed by atoms with E-state index in [1.54, 1.807) is 0 Å². The molecule has 0 saturated heterocycles. The third kappa shape index (κ3) is 68.7. The lowest BCUT2D eigenvalue weighted by molar-refractivity contribution is -0.0308. The minimum absolute atomic E-state index is 1.32. The van der Waals surface area contributed by atoms with Crippen molar-refractivity contribution in [3.05, 3.63) is 0 Å². The molecular formula is C78H160N2. The van der Waals surface area contributed by atoms with Gasteiger partial charge in [0.2, 0.25) is 0 Å². The molecule has 80 heavy (non-hydrogen) atoms. The lowest BCUT2D eigenvalue weighted by Gasteiger charge is -2.36. The van der Waals surface area contributed by atoms with E-state index in [2.05, 4.69) is 37.7 Å². The summed E-state index contributed by atoms with van der Waals surface area (Å²) in [5.41, 5.74) is 0. The SMILES string of the molecule is CCCCCCCCCCCCCCCCCCCCN(CCCCCCCCCCCCCCCCCCCC)N(CCCCCCCCCCCCCCCCCCC)CCCCCCCCCCCCCCCCCCC. The molecule has 0 unspecified atom stereocenters. The lowest BCUT2D eigenvalue weighted by atomic mass is 10.0. The van der Waals surface area contributed by atoms with Crippen molar-refractivity contribution >= 4 is 0 Å². The van der Waals surface area contributed by atoms with Crippen molar-refractivity contribution in [3.63, 3.8) is 0 Å². The summed E-state index contributed by atoms with van der Waals surface area (Å²) in [7, 11) is 0. The number of rotatable bonds is 75. The highest BCUT2D eigenvalue weighted by Gasteiger charge is 2.15. The number of hydrazine groups is 1. The molecule has 0 radical (unpaired) electrons. The van der Waals surface area contributed by atoms with Gasteiger partial charge in [-0.3, -0.25) is 0 Å². The van der Waals surface area contributed by atoms with Crippen LogP contribution in [-0.2, 0) is 0 Å². The monoisotopic (exact) mass is 1130 g/mol. The van der Waals surface area contributed by atoms with Gasteiger partial charge in [0.25, 0.3) is 0 Å². The smallest absolute Gasteiger partial charge is 0.0133 e. The van der Waals surface area contributed by atoms with Gasteiger partial charge in [0.1, 0.15) is 0 Å². The minimum Gasteiger partial charge on any atom is -0.242 e. The third-order valence-corrected chi connectivity index (χ3v) is 19.0. The second kappa shape index (κ2) is 75.0. The fourth-order valence-electron chi connectivity index (χ4n) is 13.2. The number of hydrogen-bond donors (Lipinski definition) is 0. The molecule has 2 heteroatoms. The molecule has 0 aromatic heterocycles. The van der Waals surface area contributed by atoms with Crippen LogP contribution in [-0.4, -0.2) is 36.2 Å². The Morgan fingerprint density at radius 2 is 0.175 bits per heavy atom. The van der Waals surface area contributed by atoms with E-state index in [1.165, 1.54) is 476 Å². The van der Waals surface area contributed by atoms with Crippen LogP contribution in [0.4, 0.5) is 0 Å². The molecule has 0 heterocycles. The van der Waals surface area contributed by atoms with Gasteiger partial charge in [-0.2, -0.15) is 0 Å². The largest absolute Gasteiger partial charge is 0.242 e. The quantitative estimate of drug-likeness (QED) is 0.0442. The van der Waals surface area contributed by atoms with Gasteiger partial charge in [-0.15, -0.1) is 0 Å². The molecule has 0 aromatic rings. The van der Waals surface area contributed by atoms with Crippen LogP contribution < -0.4 is 0 Å². The van der Waals surface area contributed by atoms with Crippen LogP contribution in [0, 0.1) is 0 Å². The highest BCUT2D eigenvalue weighted by molar-refractivity contribution is 4.64. The molecule has 0 amide bonds. The Morgan fingerprint density at radius 1 is 0.100 bits per heavy atom. The summed E-state index contributed by atoms with van der Waals surface area (Å²) < 4.78 is 0. The molecule has 0 aliphatic carbocycles. The summed E-state index contributed by atoms with van der Waals surface area (Å²) in [6, 6.07) is 0. The Labute approximate surface area is 510 Å². The first-order valence-corrected chi connectivity index (χ1v) is 39.3. The fourth-order valence-corrected chi connectivity index (χ4v) is 13.2. The topological polar surface area (TPSA) is 6.48 Å². The second-order valence-electron chi connectivity index (χ2n) is 27.2. The fraction of sp³-hybridized carbons (Fsp3) is 1.00. The summed E-state index contributed by atoms with van der Waals surface area (Å²) in [6.45, 7) is 14.6. The summed E-state index contributed by atoms with van der Waals surface area (Å²) in [4.78, 5) is 0. The molecule has 0 rings (SSSR count). The molecule has 0 N–H and O–H groups in total. The molecule has 0 aliphatic heterocycles. The predicted molar refractivity (Wildman–Crippen MR) is 369 cm³/mol. The molecular weight excluding hydrogens is 965 g/mol. The Hall–Kier alpha value is -0.0800. The molecule has 2 nitrogen and oxygen atoms in total. The third-order valence-electron chi connectivity index (χ3n) is 19.0. The predicted octanol–water partition coefficient (Wildman–Crippen LogP) is 28.9. The maximum atomic E-state index is 2.94. The van der Waals surface area contributed by atoms with E-state index in [1.807, 2.05) is 0 Å². The van der Waals surface area contributed by atoms with Crippen molar-refractivity contribution in [3.8, 4) is 0 Å². The average molecular weight is 1130 g/mol. The Balaban J connectivity index is 4.93. The first-order valence-electron chi connectivity index (χ1n) is 39.3. The van der Waals surface area contributed by atoms with Crippen molar-refractivity contribution < 1.29 is 0 Å². The van der Waals surface area contributed by atoms with Gasteiger partial charge in [-0.25, -0.2) is 10.0 Å². The standard InChI is InChI=1S/C78H160N2/c1-5-9-13-17-21-25-29-33-37-41-45-49-53-57-61-65-69-73-77-80(78-74-70-66-62-58-54-50-46-42-38-34-30-26-22-18-14-10-6-2)79(75-71-67-63-59-55-51-47-43-39-35-31-27-23-19-15-11-7-3)76-72-68-64-60-56-52-48-44-40-36-32-28-24-20-16-12-8-4/h5-78H2,1-4H3. The van der Waals surface area contributed by atoms with Crippen LogP contribution in [0.5, 0.6) is 0 Å². The van der Waals surface area contributed by atoms with Crippen LogP contribution >= 0.6 is 0 Å². The molecule has 0 saturated carbocycles. The second-order valence-corrected chi connectivity index (χ2v) is 27.2. The average Bonchev–Trinajstić information content (AvgIpc) is 3.47. The normalized spacial score (nSPS) is 11.9. The van der Waals surface area contributed by atoms with Gasteiger partial charge in [-0.05, 0) is 25.7 Å². The minimum atomic E-state index is 1.32. The molecule has 0 spiro atoms. The zero-order valence-corrected chi connectivity index (χ0v) is 57.2. The molecule has 0 atom stereocenters. The van der Waals surface area contributed by atoms with Gasteiger partial charge >= 0.3 is 0 Å². The number of unbranched alkanes of at least 4 members (excludes halogenated alkanes) is 66. The summed E-state index contributed by atoms with van der Waals surface area (Å²) >= 11 is 0.